The minimum absolute atomic E-state index is 0.0659. The van der Waals surface area contributed by atoms with Crippen molar-refractivity contribution in [3.63, 3.8) is 0 Å². The molecule has 2 heterocycles. The van der Waals surface area contributed by atoms with Crippen molar-refractivity contribution in [2.45, 2.75) is 92.6 Å². The molecule has 4 amide bonds. The van der Waals surface area contributed by atoms with Gasteiger partial charge in [-0.05, 0) is 112 Å². The summed E-state index contributed by atoms with van der Waals surface area (Å²) in [6, 6.07) is 8.16. The number of likely N-dealkylation sites (tertiary alicyclic amines) is 2. The number of rotatable bonds is 33. The molecule has 32 heteroatoms. The monoisotopic (exact) mass is 1380 g/mol. The lowest BCUT2D eigenvalue weighted by atomic mass is 10.0. The van der Waals surface area contributed by atoms with Crippen molar-refractivity contribution in [1.29, 1.82) is 0 Å². The lowest BCUT2D eigenvalue weighted by Gasteiger charge is -2.38. The molecule has 4 aliphatic rings. The van der Waals surface area contributed by atoms with Gasteiger partial charge < -0.3 is 61.2 Å². The number of halogens is 8. The van der Waals surface area contributed by atoms with Crippen LogP contribution < -0.4 is 51.2 Å². The lowest BCUT2D eigenvalue weighted by Crippen LogP contribution is -2.49. The van der Waals surface area contributed by atoms with E-state index in [2.05, 4.69) is 35.8 Å². The predicted octanol–water partition coefficient (Wildman–Crippen LogP) is 7.16. The second-order valence-electron chi connectivity index (χ2n) is 22.0. The number of fused-ring (bicyclic) bond motifs is 2. The third kappa shape index (κ3) is 20.0. The van der Waals surface area contributed by atoms with E-state index in [1.807, 2.05) is 0 Å². The van der Waals surface area contributed by atoms with Gasteiger partial charge in [0.1, 0.15) is 12.2 Å². The molecule has 2 aliphatic heterocycles. The Kier molecular flexibility index (Phi) is 27.3. The Bertz CT molecular complexity index is 3190. The molecule has 0 radical (unpaired) electrons. The van der Waals surface area contributed by atoms with Crippen molar-refractivity contribution in [2.24, 2.45) is 11.5 Å². The summed E-state index contributed by atoms with van der Waals surface area (Å²) < 4.78 is 148. The smallest absolute Gasteiger partial charge is 0.314 e. The summed E-state index contributed by atoms with van der Waals surface area (Å²) in [6.07, 6.45) is 3.77. The Morgan fingerprint density at radius 2 is 1.01 bits per heavy atom. The molecule has 1 unspecified atom stereocenters. The summed E-state index contributed by atoms with van der Waals surface area (Å²) in [5.41, 5.74) is 15.1. The number of urea groups is 2. The van der Waals surface area contributed by atoms with E-state index >= 15 is 17.6 Å². The first-order valence-corrected chi connectivity index (χ1v) is 33.7. The zero-order valence-corrected chi connectivity index (χ0v) is 53.9. The van der Waals surface area contributed by atoms with Crippen LogP contribution in [0.2, 0.25) is 20.1 Å². The third-order valence-corrected chi connectivity index (χ3v) is 19.0. The number of hydrogen-bond donors (Lipinski definition) is 8. The first-order valence-electron chi connectivity index (χ1n) is 29.7. The molecular formula is C58H76Cl4F4N10O12S2. The van der Waals surface area contributed by atoms with Gasteiger partial charge in [-0.1, -0.05) is 46.4 Å². The average molecular weight is 1390 g/mol. The molecule has 2 aliphatic carbocycles. The maximum absolute atomic E-state index is 15.7. The van der Waals surface area contributed by atoms with Crippen LogP contribution in [0, 0.1) is 23.3 Å². The molecule has 0 spiro atoms. The molecule has 4 aromatic carbocycles. The van der Waals surface area contributed by atoms with E-state index in [9.17, 15) is 26.8 Å². The number of nitrogens with one attached hydrogen (secondary N) is 5. The predicted molar refractivity (Wildman–Crippen MR) is 334 cm³/mol. The Morgan fingerprint density at radius 3 is 1.44 bits per heavy atom. The van der Waals surface area contributed by atoms with Crippen molar-refractivity contribution in [3.05, 3.63) is 114 Å². The van der Waals surface area contributed by atoms with E-state index in [1.54, 1.807) is 24.3 Å². The van der Waals surface area contributed by atoms with Crippen LogP contribution in [0.5, 0.6) is 11.5 Å². The van der Waals surface area contributed by atoms with Crippen molar-refractivity contribution in [1.82, 2.24) is 35.8 Å². The van der Waals surface area contributed by atoms with Crippen LogP contribution in [0.3, 0.4) is 0 Å². The van der Waals surface area contributed by atoms with E-state index in [0.29, 0.717) is 102 Å². The van der Waals surface area contributed by atoms with E-state index in [1.165, 1.54) is 0 Å². The maximum Gasteiger partial charge on any atom is 0.314 e. The number of ether oxygens (including phenoxy) is 6. The molecule has 0 aromatic heterocycles. The Labute approximate surface area is 543 Å². The largest absolute Gasteiger partial charge is 0.478 e. The van der Waals surface area contributed by atoms with E-state index in [4.69, 9.17) is 86.3 Å². The molecule has 0 bridgehead atoms. The van der Waals surface area contributed by atoms with Crippen LogP contribution in [-0.2, 0) is 53.1 Å². The molecule has 7 atom stereocenters. The van der Waals surface area contributed by atoms with Crippen LogP contribution >= 0.6 is 46.4 Å². The van der Waals surface area contributed by atoms with E-state index in [-0.39, 0.29) is 109 Å². The van der Waals surface area contributed by atoms with Gasteiger partial charge in [-0.3, -0.25) is 18.7 Å². The summed E-state index contributed by atoms with van der Waals surface area (Å²) in [7, 11) is -4.35. The summed E-state index contributed by atoms with van der Waals surface area (Å²) >= 11 is 23.1. The summed E-state index contributed by atoms with van der Waals surface area (Å²) in [5.74, 6) is -5.94. The average Bonchev–Trinajstić information content (AvgIpc) is 1.69. The highest BCUT2D eigenvalue weighted by molar-refractivity contribution is 7.89. The van der Waals surface area contributed by atoms with Gasteiger partial charge in [0, 0.05) is 101 Å². The molecular weight excluding hydrogens is 1310 g/mol. The number of unbranched alkanes of at least 4 members (excludes halogenated alkanes) is 1. The molecule has 8 rings (SSSR count). The molecule has 90 heavy (non-hydrogen) atoms. The molecule has 4 aromatic rings. The number of piperidine rings is 2. The first-order chi connectivity index (χ1) is 43.2. The fourth-order valence-electron chi connectivity index (χ4n) is 11.4. The van der Waals surface area contributed by atoms with Gasteiger partial charge in [-0.15, -0.1) is 0 Å². The second kappa shape index (κ2) is 34.5. The Balaban J connectivity index is 0.614. The van der Waals surface area contributed by atoms with E-state index in [0.717, 1.165) is 59.8 Å². The molecule has 0 saturated carbocycles. The molecule has 2 fully saturated rings. The zero-order chi connectivity index (χ0) is 64.5. The van der Waals surface area contributed by atoms with Gasteiger partial charge in [-0.25, -0.2) is 44.5 Å². The molecule has 2 saturated heterocycles. The van der Waals surface area contributed by atoms with Gasteiger partial charge in [-0.2, -0.15) is 0 Å². The van der Waals surface area contributed by atoms with Crippen LogP contribution in [0.15, 0.2) is 53.4 Å². The van der Waals surface area contributed by atoms with Crippen LogP contribution in [0.1, 0.15) is 73.0 Å². The number of sulfonamides is 1. The van der Waals surface area contributed by atoms with Crippen molar-refractivity contribution in [2.75, 3.05) is 123 Å². The number of benzene rings is 4. The number of carbonyl (C=O) groups is 2. The topological polar surface area (TPSA) is 283 Å². The minimum Gasteiger partial charge on any atom is -0.478 e. The van der Waals surface area contributed by atoms with Crippen molar-refractivity contribution in [3.8, 4) is 11.5 Å². The quantitative estimate of drug-likeness (QED) is 0.0133. The van der Waals surface area contributed by atoms with Gasteiger partial charge in [0.15, 0.2) is 34.8 Å². The van der Waals surface area contributed by atoms with Crippen LogP contribution in [0.4, 0.5) is 32.8 Å². The standard InChI is InChI=1S/C58H76Cl4F4N10O12S2/c59-35-23-43-41(45(61)25-35)31-51(74-12-3-5-37(67)33-74)53(43)87-55-47(63)27-39(28-48(55)64)76(89(79)80)14-18-86-22-21-84-16-10-72-58(78)70-8-2-1-7-69-57(77)71-9-15-83-19-20-85-17-11-73-90(81,82)40-29-49(65)56(50(66)30-40)88-54-44-24-36(60)26-46(62)42(44)32-52(54)75-13-4-6-38(68)34-75/h23-30,37-38,51-54,73H,1-22,31-34,67-68H2,(H,79,80)(H2,69,71,77)(H2,70,72,78)/t37-,38-,51+,52+,53+,54+/m1/s1. The second-order valence-corrected chi connectivity index (χ2v) is 26.4. The molecule has 22 nitrogen and oxygen atoms in total. The van der Waals surface area contributed by atoms with Crippen LogP contribution in [0.25, 0.3) is 0 Å². The van der Waals surface area contributed by atoms with Crippen molar-refractivity contribution >= 4 is 85.4 Å². The van der Waals surface area contributed by atoms with Gasteiger partial charge >= 0.3 is 12.1 Å². The number of anilines is 1. The van der Waals surface area contributed by atoms with E-state index < -0.39 is 85.2 Å². The normalized spacial score (nSPS) is 20.5. The van der Waals surface area contributed by atoms with Gasteiger partial charge in [0.25, 0.3) is 11.3 Å². The Hall–Kier alpha value is -4.60. The highest BCUT2D eigenvalue weighted by atomic mass is 35.5. The van der Waals surface area contributed by atoms with Gasteiger partial charge in [0.05, 0.1) is 82.1 Å². The Morgan fingerprint density at radius 1 is 0.600 bits per heavy atom. The number of nitrogens with zero attached hydrogens (tertiary/aromatic N) is 3. The first kappa shape index (κ1) is 71.3. The summed E-state index contributed by atoms with van der Waals surface area (Å²) in [4.78, 5) is 28.0. The fourth-order valence-corrected chi connectivity index (χ4v) is 14.1. The van der Waals surface area contributed by atoms with Gasteiger partial charge in [0.2, 0.25) is 10.0 Å². The SMILES string of the molecule is N[C@@H]1CCCN([C@H]2Cc3c(Cl)cc(Cl)cc3[C@@H]2Oc2c(F)cc(N(CCOCCOCCNC(=O)NCCCCNC(=O)NCCOCCOCCNS(=O)(=O)c3cc(F)c(O[C@H]4c5cc(Cl)cc(Cl)c5C[C@@H]4N4CCC[C@@H](N)C4)c(F)c3)S(=O)O)cc2F)C1. The van der Waals surface area contributed by atoms with Crippen LogP contribution in [-0.4, -0.2) is 182 Å². The number of nitrogens with two attached hydrogens (primary N) is 2. The third-order valence-electron chi connectivity index (χ3n) is 15.6. The molecule has 10 N–H and O–H groups in total. The highest BCUT2D eigenvalue weighted by Gasteiger charge is 2.43. The fraction of sp³-hybridized carbons (Fsp3) is 0.552. The maximum atomic E-state index is 15.7. The lowest BCUT2D eigenvalue weighted by molar-refractivity contribution is 0.0516. The number of carbonyl (C=O) groups excluding carboxylic acids is 2. The minimum atomic E-state index is -4.35. The highest BCUT2D eigenvalue weighted by Crippen LogP contribution is 2.46. The number of amides is 4. The number of hydrogen-bond acceptors (Lipinski definition) is 15. The summed E-state index contributed by atoms with van der Waals surface area (Å²) in [5, 5.41) is 12.2. The molecule has 498 valence electrons. The summed E-state index contributed by atoms with van der Waals surface area (Å²) in [6.45, 7) is 3.83. The zero-order valence-electron chi connectivity index (χ0n) is 49.2. The van der Waals surface area contributed by atoms with Crippen molar-refractivity contribution < 1.29 is 72.8 Å².